The molecule has 0 N–H and O–H groups in total. The van der Waals surface area contributed by atoms with Crippen molar-refractivity contribution < 1.29 is 4.79 Å². The van der Waals surface area contributed by atoms with Crippen molar-refractivity contribution in [3.63, 3.8) is 0 Å². The number of likely N-dealkylation sites (tertiary alicyclic amines) is 1. The van der Waals surface area contributed by atoms with E-state index in [2.05, 4.69) is 78.4 Å². The predicted molar refractivity (Wildman–Crippen MR) is 159 cm³/mol. The van der Waals surface area contributed by atoms with Gasteiger partial charge in [0.05, 0.1) is 11.9 Å². The van der Waals surface area contributed by atoms with E-state index in [9.17, 15) is 4.79 Å². The summed E-state index contributed by atoms with van der Waals surface area (Å²) < 4.78 is 1.94. The van der Waals surface area contributed by atoms with Crippen LogP contribution in [-0.2, 0) is 17.6 Å². The van der Waals surface area contributed by atoms with Crippen molar-refractivity contribution in [1.82, 2.24) is 19.7 Å². The van der Waals surface area contributed by atoms with Crippen LogP contribution in [0.5, 0.6) is 0 Å². The second-order valence-electron chi connectivity index (χ2n) is 12.1. The Morgan fingerprint density at radius 1 is 0.900 bits per heavy atom. The summed E-state index contributed by atoms with van der Waals surface area (Å²) in [7, 11) is 0. The van der Waals surface area contributed by atoms with E-state index in [4.69, 9.17) is 4.98 Å². The van der Waals surface area contributed by atoms with Gasteiger partial charge in [-0.15, -0.1) is 0 Å². The number of carbonyl (C=O) groups is 1. The number of aryl methyl sites for hydroxylation is 2. The Labute approximate surface area is 237 Å². The summed E-state index contributed by atoms with van der Waals surface area (Å²) in [5, 5.41) is 4.56. The van der Waals surface area contributed by atoms with Crippen molar-refractivity contribution in [2.45, 2.75) is 70.6 Å². The number of hydrogen-bond donors (Lipinski definition) is 0. The van der Waals surface area contributed by atoms with Crippen LogP contribution in [0.15, 0.2) is 66.9 Å². The number of fused-ring (bicyclic) bond motifs is 1. The fourth-order valence-electron chi connectivity index (χ4n) is 6.86. The Hall–Kier alpha value is -3.73. The first-order valence-corrected chi connectivity index (χ1v) is 15.0. The summed E-state index contributed by atoms with van der Waals surface area (Å²) in [6, 6.07) is 22.4. The topological polar surface area (TPSA) is 51.0 Å². The zero-order valence-corrected chi connectivity index (χ0v) is 23.6. The smallest absolute Gasteiger partial charge is 0.225 e. The maximum Gasteiger partial charge on any atom is 0.225 e. The quantitative estimate of drug-likeness (QED) is 0.271. The van der Waals surface area contributed by atoms with Gasteiger partial charge in [0, 0.05) is 30.3 Å². The summed E-state index contributed by atoms with van der Waals surface area (Å²) in [6.45, 7) is 6.01. The molecule has 2 aromatic heterocycles. The minimum atomic E-state index is 0.335. The summed E-state index contributed by atoms with van der Waals surface area (Å²) >= 11 is 0. The van der Waals surface area contributed by atoms with E-state index in [1.54, 1.807) is 0 Å². The van der Waals surface area contributed by atoms with E-state index < -0.39 is 0 Å². The highest BCUT2D eigenvalue weighted by atomic mass is 16.2. The van der Waals surface area contributed by atoms with Crippen LogP contribution in [0, 0.1) is 19.8 Å². The SMILES string of the molecule is Cc1cnn(-c2cccc(-c3cccc4c3C(Cc3ccc(C5CCN(C(=O)C6CC6)CC5)cc3)CC4)n2)c1C. The molecule has 0 radical (unpaired) electrons. The van der Waals surface area contributed by atoms with Crippen molar-refractivity contribution in [1.29, 1.82) is 0 Å². The number of carbonyl (C=O) groups excluding carboxylic acids is 1. The Balaban J connectivity index is 1.08. The van der Waals surface area contributed by atoms with E-state index in [-0.39, 0.29) is 0 Å². The van der Waals surface area contributed by atoms with Crippen LogP contribution < -0.4 is 0 Å². The van der Waals surface area contributed by atoms with E-state index in [0.29, 0.717) is 23.7 Å². The summed E-state index contributed by atoms with van der Waals surface area (Å²) in [4.78, 5) is 19.6. The zero-order chi connectivity index (χ0) is 27.2. The molecule has 1 saturated heterocycles. The number of benzene rings is 2. The number of nitrogens with zero attached hydrogens (tertiary/aromatic N) is 4. The molecule has 2 aliphatic carbocycles. The second kappa shape index (κ2) is 10.3. The standard InChI is InChI=1S/C35H38N4O/c1-23-22-36-39(24(23)2)33-8-4-7-32(37-33)31-6-3-5-28-13-16-30(34(28)31)21-25-9-11-26(12-10-25)27-17-19-38(20-18-27)35(40)29-14-15-29/h3-12,22,27,29-30H,13-21H2,1-2H3. The van der Waals surface area contributed by atoms with Crippen molar-refractivity contribution in [3.8, 4) is 17.1 Å². The average Bonchev–Trinajstić information content (AvgIpc) is 3.69. The van der Waals surface area contributed by atoms with Crippen molar-refractivity contribution in [2.24, 2.45) is 5.92 Å². The van der Waals surface area contributed by atoms with Crippen LogP contribution in [0.2, 0.25) is 0 Å². The molecular weight excluding hydrogens is 492 g/mol. The number of aromatic nitrogens is 3. The maximum atomic E-state index is 12.4. The molecule has 5 heteroatoms. The molecular formula is C35H38N4O. The Kier molecular flexibility index (Phi) is 6.53. The lowest BCUT2D eigenvalue weighted by Gasteiger charge is -2.32. The van der Waals surface area contributed by atoms with Crippen LogP contribution in [0.1, 0.15) is 77.5 Å². The molecule has 0 bridgehead atoms. The molecule has 3 aliphatic rings. The molecule has 2 aromatic carbocycles. The van der Waals surface area contributed by atoms with Crippen LogP contribution in [0.25, 0.3) is 17.1 Å². The monoisotopic (exact) mass is 530 g/mol. The van der Waals surface area contributed by atoms with Gasteiger partial charge in [0.25, 0.3) is 0 Å². The Bertz CT molecular complexity index is 1540. The third kappa shape index (κ3) is 4.76. The van der Waals surface area contributed by atoms with E-state index in [1.165, 1.54) is 39.8 Å². The van der Waals surface area contributed by atoms with Crippen LogP contribution in [0.3, 0.4) is 0 Å². The van der Waals surface area contributed by atoms with Crippen LogP contribution in [0.4, 0.5) is 0 Å². The van der Waals surface area contributed by atoms with Crippen molar-refractivity contribution in [2.75, 3.05) is 13.1 Å². The van der Waals surface area contributed by atoms with Crippen molar-refractivity contribution in [3.05, 3.63) is 100 Å². The third-order valence-electron chi connectivity index (χ3n) is 9.52. The normalized spacial score (nSPS) is 19.1. The van der Waals surface area contributed by atoms with Gasteiger partial charge in [0.2, 0.25) is 5.91 Å². The second-order valence-corrected chi connectivity index (χ2v) is 12.1. The van der Waals surface area contributed by atoms with Crippen molar-refractivity contribution >= 4 is 5.91 Å². The lowest BCUT2D eigenvalue weighted by atomic mass is 9.86. The Morgan fingerprint density at radius 3 is 2.40 bits per heavy atom. The highest BCUT2D eigenvalue weighted by molar-refractivity contribution is 5.81. The van der Waals surface area contributed by atoms with Gasteiger partial charge in [-0.25, -0.2) is 9.67 Å². The first-order valence-electron chi connectivity index (χ1n) is 15.0. The molecule has 4 aromatic rings. The predicted octanol–water partition coefficient (Wildman–Crippen LogP) is 6.94. The molecule has 5 nitrogen and oxygen atoms in total. The molecule has 1 atom stereocenters. The molecule has 7 rings (SSSR count). The third-order valence-corrected chi connectivity index (χ3v) is 9.52. The van der Waals surface area contributed by atoms with Crippen LogP contribution >= 0.6 is 0 Å². The zero-order valence-electron chi connectivity index (χ0n) is 23.6. The number of piperidine rings is 1. The summed E-state index contributed by atoms with van der Waals surface area (Å²) in [6.07, 6.45) is 9.63. The minimum absolute atomic E-state index is 0.335. The molecule has 1 aliphatic heterocycles. The fourth-order valence-corrected chi connectivity index (χ4v) is 6.86. The largest absolute Gasteiger partial charge is 0.342 e. The highest BCUT2D eigenvalue weighted by Crippen LogP contribution is 2.42. The maximum absolute atomic E-state index is 12.4. The lowest BCUT2D eigenvalue weighted by Crippen LogP contribution is -2.38. The average molecular weight is 531 g/mol. The van der Waals surface area contributed by atoms with Crippen LogP contribution in [-0.4, -0.2) is 38.7 Å². The van der Waals surface area contributed by atoms with Gasteiger partial charge < -0.3 is 4.90 Å². The number of hydrogen-bond acceptors (Lipinski definition) is 3. The summed E-state index contributed by atoms with van der Waals surface area (Å²) in [5.41, 5.74) is 10.3. The molecule has 1 saturated carbocycles. The fraction of sp³-hybridized carbons (Fsp3) is 0.400. The van der Waals surface area contributed by atoms with Gasteiger partial charge in [-0.3, -0.25) is 4.79 Å². The number of rotatable bonds is 6. The van der Waals surface area contributed by atoms with E-state index in [0.717, 1.165) is 68.8 Å². The molecule has 204 valence electrons. The van der Waals surface area contributed by atoms with Gasteiger partial charge in [0.1, 0.15) is 0 Å². The molecule has 1 unspecified atom stereocenters. The first-order chi connectivity index (χ1) is 19.5. The molecule has 40 heavy (non-hydrogen) atoms. The molecule has 0 spiro atoms. The Morgan fingerprint density at radius 2 is 1.68 bits per heavy atom. The van der Waals surface area contributed by atoms with Gasteiger partial charge in [-0.1, -0.05) is 48.5 Å². The van der Waals surface area contributed by atoms with E-state index >= 15 is 0 Å². The molecule has 2 fully saturated rings. The molecule has 3 heterocycles. The molecule has 1 amide bonds. The van der Waals surface area contributed by atoms with Gasteiger partial charge in [-0.05, 0) is 111 Å². The van der Waals surface area contributed by atoms with Gasteiger partial charge >= 0.3 is 0 Å². The van der Waals surface area contributed by atoms with E-state index in [1.807, 2.05) is 16.9 Å². The lowest BCUT2D eigenvalue weighted by molar-refractivity contribution is -0.133. The first kappa shape index (κ1) is 25.3. The highest BCUT2D eigenvalue weighted by Gasteiger charge is 2.35. The van der Waals surface area contributed by atoms with Gasteiger partial charge in [-0.2, -0.15) is 5.10 Å². The number of amides is 1. The van der Waals surface area contributed by atoms with Gasteiger partial charge in [0.15, 0.2) is 5.82 Å². The minimum Gasteiger partial charge on any atom is -0.342 e. The number of pyridine rings is 1. The summed E-state index contributed by atoms with van der Waals surface area (Å²) in [5.74, 6) is 2.67.